The van der Waals surface area contributed by atoms with Gasteiger partial charge in [-0.05, 0) is 36.6 Å². The van der Waals surface area contributed by atoms with Gasteiger partial charge in [-0.15, -0.1) is 0 Å². The van der Waals surface area contributed by atoms with Crippen molar-refractivity contribution in [1.29, 1.82) is 0 Å². The summed E-state index contributed by atoms with van der Waals surface area (Å²) in [6.45, 7) is 1.16. The first-order valence-corrected chi connectivity index (χ1v) is 7.22. The SMILES string of the molecule is NC(CCN(C(=O)c1ccc2c(c1)CCO2)C1CC1)=NO. The van der Waals surface area contributed by atoms with Crippen LogP contribution in [0.5, 0.6) is 5.75 Å². The number of nitrogens with two attached hydrogens (primary N) is 1. The predicted octanol–water partition coefficient (Wildman–Crippen LogP) is 1.36. The fourth-order valence-corrected chi connectivity index (χ4v) is 2.61. The van der Waals surface area contributed by atoms with E-state index < -0.39 is 0 Å². The molecule has 6 nitrogen and oxygen atoms in total. The lowest BCUT2D eigenvalue weighted by Gasteiger charge is -2.22. The summed E-state index contributed by atoms with van der Waals surface area (Å²) in [6, 6.07) is 5.88. The topological polar surface area (TPSA) is 88.2 Å². The molecule has 1 amide bonds. The Balaban J connectivity index is 1.74. The maximum Gasteiger partial charge on any atom is 0.254 e. The van der Waals surface area contributed by atoms with Crippen molar-refractivity contribution >= 4 is 11.7 Å². The minimum atomic E-state index is 0.0120. The van der Waals surface area contributed by atoms with E-state index in [1.54, 1.807) is 0 Å². The molecule has 0 saturated heterocycles. The van der Waals surface area contributed by atoms with Gasteiger partial charge in [0.25, 0.3) is 5.91 Å². The third-order valence-electron chi connectivity index (χ3n) is 3.92. The summed E-state index contributed by atoms with van der Waals surface area (Å²) in [6.07, 6.45) is 3.28. The van der Waals surface area contributed by atoms with E-state index in [9.17, 15) is 4.79 Å². The van der Waals surface area contributed by atoms with E-state index in [4.69, 9.17) is 15.7 Å². The van der Waals surface area contributed by atoms with Crippen LogP contribution >= 0.6 is 0 Å². The second-order valence-electron chi connectivity index (χ2n) is 5.49. The second kappa shape index (κ2) is 5.63. The molecule has 0 radical (unpaired) electrons. The van der Waals surface area contributed by atoms with Crippen LogP contribution in [0.4, 0.5) is 0 Å². The number of carbonyl (C=O) groups excluding carboxylic acids is 1. The Kier molecular flexibility index (Phi) is 3.68. The number of oxime groups is 1. The smallest absolute Gasteiger partial charge is 0.254 e. The largest absolute Gasteiger partial charge is 0.493 e. The van der Waals surface area contributed by atoms with Gasteiger partial charge in [0.2, 0.25) is 0 Å². The molecule has 1 aromatic carbocycles. The molecule has 1 aliphatic heterocycles. The number of hydrogen-bond acceptors (Lipinski definition) is 4. The normalized spacial score (nSPS) is 17.2. The van der Waals surface area contributed by atoms with Crippen LogP contribution in [0.2, 0.25) is 0 Å². The average Bonchev–Trinajstić information content (AvgIpc) is 3.23. The molecule has 3 N–H and O–H groups in total. The van der Waals surface area contributed by atoms with E-state index in [2.05, 4.69) is 5.16 Å². The zero-order chi connectivity index (χ0) is 14.8. The van der Waals surface area contributed by atoms with E-state index >= 15 is 0 Å². The number of hydrogen-bond donors (Lipinski definition) is 2. The zero-order valence-electron chi connectivity index (χ0n) is 11.8. The minimum absolute atomic E-state index is 0.0120. The molecule has 3 rings (SSSR count). The highest BCUT2D eigenvalue weighted by atomic mass is 16.5. The molecule has 1 aromatic rings. The van der Waals surface area contributed by atoms with Crippen molar-refractivity contribution in [3.05, 3.63) is 29.3 Å². The van der Waals surface area contributed by atoms with Crippen LogP contribution in [0, 0.1) is 0 Å². The third kappa shape index (κ3) is 2.94. The van der Waals surface area contributed by atoms with Crippen LogP contribution < -0.4 is 10.5 Å². The predicted molar refractivity (Wildman–Crippen MR) is 77.7 cm³/mol. The van der Waals surface area contributed by atoms with E-state index in [0.29, 0.717) is 25.1 Å². The first-order chi connectivity index (χ1) is 10.2. The Morgan fingerprint density at radius 3 is 3.00 bits per heavy atom. The van der Waals surface area contributed by atoms with Crippen LogP contribution in [0.3, 0.4) is 0 Å². The Hall–Kier alpha value is -2.24. The third-order valence-corrected chi connectivity index (χ3v) is 3.92. The first-order valence-electron chi connectivity index (χ1n) is 7.22. The molecule has 2 aliphatic rings. The van der Waals surface area contributed by atoms with Crippen molar-refractivity contribution in [2.45, 2.75) is 31.7 Å². The Bertz CT molecular complexity index is 582. The molecule has 0 unspecified atom stereocenters. The summed E-state index contributed by atoms with van der Waals surface area (Å²) < 4.78 is 5.46. The summed E-state index contributed by atoms with van der Waals surface area (Å²) in [5.41, 5.74) is 7.28. The summed E-state index contributed by atoms with van der Waals surface area (Å²) in [5, 5.41) is 11.6. The number of nitrogens with zero attached hydrogens (tertiary/aromatic N) is 2. The number of ether oxygens (including phenoxy) is 1. The van der Waals surface area contributed by atoms with Gasteiger partial charge in [-0.25, -0.2) is 0 Å². The quantitative estimate of drug-likeness (QED) is 0.371. The van der Waals surface area contributed by atoms with Gasteiger partial charge in [-0.2, -0.15) is 0 Å². The molecule has 0 atom stereocenters. The van der Waals surface area contributed by atoms with Crippen molar-refractivity contribution < 1.29 is 14.7 Å². The van der Waals surface area contributed by atoms with Crippen LogP contribution in [0.25, 0.3) is 0 Å². The van der Waals surface area contributed by atoms with Gasteiger partial charge >= 0.3 is 0 Å². The van der Waals surface area contributed by atoms with Gasteiger partial charge < -0.3 is 20.6 Å². The Morgan fingerprint density at radius 1 is 1.48 bits per heavy atom. The summed E-state index contributed by atoms with van der Waals surface area (Å²) >= 11 is 0. The molecule has 1 fully saturated rings. The number of fused-ring (bicyclic) bond motifs is 1. The lowest BCUT2D eigenvalue weighted by molar-refractivity contribution is 0.0747. The number of amidine groups is 1. The molecule has 1 saturated carbocycles. The van der Waals surface area contributed by atoms with Crippen molar-refractivity contribution in [1.82, 2.24) is 4.90 Å². The van der Waals surface area contributed by atoms with Crippen molar-refractivity contribution in [3.63, 3.8) is 0 Å². The van der Waals surface area contributed by atoms with Gasteiger partial charge in [0.1, 0.15) is 11.6 Å². The van der Waals surface area contributed by atoms with E-state index in [-0.39, 0.29) is 17.8 Å². The highest BCUT2D eigenvalue weighted by Crippen LogP contribution is 2.30. The van der Waals surface area contributed by atoms with Crippen LogP contribution in [0.15, 0.2) is 23.4 Å². The zero-order valence-corrected chi connectivity index (χ0v) is 11.8. The molecule has 0 aromatic heterocycles. The summed E-state index contributed by atoms with van der Waals surface area (Å²) in [4.78, 5) is 14.5. The molecule has 6 heteroatoms. The maximum absolute atomic E-state index is 12.7. The van der Waals surface area contributed by atoms with E-state index in [0.717, 1.165) is 30.6 Å². The monoisotopic (exact) mass is 289 g/mol. The van der Waals surface area contributed by atoms with Crippen LogP contribution in [-0.2, 0) is 6.42 Å². The Morgan fingerprint density at radius 2 is 2.29 bits per heavy atom. The van der Waals surface area contributed by atoms with Gasteiger partial charge in [0, 0.05) is 31.0 Å². The second-order valence-corrected chi connectivity index (χ2v) is 5.49. The number of rotatable bonds is 5. The van der Waals surface area contributed by atoms with Crippen molar-refractivity contribution in [2.75, 3.05) is 13.2 Å². The highest BCUT2D eigenvalue weighted by molar-refractivity contribution is 5.95. The van der Waals surface area contributed by atoms with Crippen LogP contribution in [0.1, 0.15) is 35.2 Å². The van der Waals surface area contributed by atoms with Gasteiger partial charge in [-0.1, -0.05) is 5.16 Å². The van der Waals surface area contributed by atoms with Gasteiger partial charge in [0.05, 0.1) is 6.61 Å². The van der Waals surface area contributed by atoms with Gasteiger partial charge in [-0.3, -0.25) is 4.79 Å². The Labute approximate surface area is 123 Å². The average molecular weight is 289 g/mol. The molecule has 0 spiro atoms. The van der Waals surface area contributed by atoms with Crippen LogP contribution in [-0.4, -0.2) is 41.0 Å². The van der Waals surface area contributed by atoms with E-state index in [1.807, 2.05) is 23.1 Å². The molecule has 112 valence electrons. The van der Waals surface area contributed by atoms with Crippen molar-refractivity contribution in [3.8, 4) is 5.75 Å². The number of carbonyl (C=O) groups is 1. The van der Waals surface area contributed by atoms with Crippen molar-refractivity contribution in [2.24, 2.45) is 10.9 Å². The summed E-state index contributed by atoms with van der Waals surface area (Å²) in [5.74, 6) is 1.04. The number of amides is 1. The number of benzene rings is 1. The first kappa shape index (κ1) is 13.7. The minimum Gasteiger partial charge on any atom is -0.493 e. The molecule has 1 heterocycles. The maximum atomic E-state index is 12.7. The molecule has 21 heavy (non-hydrogen) atoms. The molecule has 1 aliphatic carbocycles. The van der Waals surface area contributed by atoms with E-state index in [1.165, 1.54) is 0 Å². The molecular formula is C15H19N3O3. The molecular weight excluding hydrogens is 270 g/mol. The highest BCUT2D eigenvalue weighted by Gasteiger charge is 2.33. The summed E-state index contributed by atoms with van der Waals surface area (Å²) in [7, 11) is 0. The lowest BCUT2D eigenvalue weighted by Crippen LogP contribution is -2.36. The standard InChI is InChI=1S/C15H19N3O3/c16-14(17-20)5-7-18(12-2-3-12)15(19)11-1-4-13-10(9-11)6-8-21-13/h1,4,9,12,20H,2-3,5-8H2,(H2,16,17). The molecule has 0 bridgehead atoms. The fourth-order valence-electron chi connectivity index (χ4n) is 2.61. The van der Waals surface area contributed by atoms with Gasteiger partial charge in [0.15, 0.2) is 0 Å². The lowest BCUT2D eigenvalue weighted by atomic mass is 10.1. The fraction of sp³-hybridized carbons (Fsp3) is 0.467.